The molecule has 0 bridgehead atoms. The molecule has 0 atom stereocenters. The van der Waals surface area contributed by atoms with E-state index in [1.54, 1.807) is 6.20 Å². The van der Waals surface area contributed by atoms with Crippen molar-refractivity contribution < 1.29 is 0 Å². The Morgan fingerprint density at radius 3 is 3.00 bits per heavy atom. The van der Waals surface area contributed by atoms with Gasteiger partial charge < -0.3 is 10.2 Å². The van der Waals surface area contributed by atoms with Gasteiger partial charge in [0.05, 0.1) is 41.3 Å². The van der Waals surface area contributed by atoms with Crippen molar-refractivity contribution in [2.24, 2.45) is 0 Å². The molecule has 3 aromatic heterocycles. The molecule has 5 heterocycles. The maximum atomic E-state index is 9.46. The molecule has 1 aromatic carbocycles. The van der Waals surface area contributed by atoms with Crippen LogP contribution in [-0.2, 0) is 32.6 Å². The molecule has 2 aliphatic heterocycles. The molecule has 0 amide bonds. The minimum atomic E-state index is 0.608. The zero-order valence-corrected chi connectivity index (χ0v) is 18.0. The van der Waals surface area contributed by atoms with Gasteiger partial charge in [-0.25, -0.2) is 0 Å². The van der Waals surface area contributed by atoms with Crippen LogP contribution in [-0.4, -0.2) is 26.3 Å². The SMILES string of the molecule is Cc1nn(Cc2cc3c(cn2)CCNC3)c2c1CN(c1ccc(C#N)c3ncccc13)C2. The number of rotatable bonds is 3. The van der Waals surface area contributed by atoms with Gasteiger partial charge in [-0.05, 0) is 61.3 Å². The van der Waals surface area contributed by atoms with Gasteiger partial charge in [0, 0.05) is 42.1 Å². The largest absolute Gasteiger partial charge is 0.361 e. The molecule has 0 saturated carbocycles. The average Bonchev–Trinajstić information content (AvgIpc) is 3.39. The van der Waals surface area contributed by atoms with Crippen molar-refractivity contribution in [3.8, 4) is 6.07 Å². The van der Waals surface area contributed by atoms with Gasteiger partial charge in [-0.15, -0.1) is 0 Å². The molecular weight excluding hydrogens is 398 g/mol. The molecule has 0 spiro atoms. The second-order valence-electron chi connectivity index (χ2n) is 8.54. The normalized spacial score (nSPS) is 14.9. The molecule has 6 rings (SSSR count). The van der Waals surface area contributed by atoms with E-state index in [1.807, 2.05) is 30.5 Å². The highest BCUT2D eigenvalue weighted by atomic mass is 15.3. The summed E-state index contributed by atoms with van der Waals surface area (Å²) in [5, 5.41) is 18.8. The summed E-state index contributed by atoms with van der Waals surface area (Å²) >= 11 is 0. The van der Waals surface area contributed by atoms with Gasteiger partial charge in [0.25, 0.3) is 0 Å². The van der Waals surface area contributed by atoms with Crippen LogP contribution >= 0.6 is 0 Å². The van der Waals surface area contributed by atoms with Crippen molar-refractivity contribution in [1.29, 1.82) is 5.26 Å². The number of nitriles is 1. The highest BCUT2D eigenvalue weighted by Gasteiger charge is 2.28. The van der Waals surface area contributed by atoms with Crippen molar-refractivity contribution in [1.82, 2.24) is 25.1 Å². The highest BCUT2D eigenvalue weighted by Crippen LogP contribution is 2.35. The number of hydrogen-bond donors (Lipinski definition) is 1. The van der Waals surface area contributed by atoms with E-state index in [2.05, 4.69) is 38.9 Å². The first-order chi connectivity index (χ1) is 15.7. The third kappa shape index (κ3) is 3.03. The van der Waals surface area contributed by atoms with E-state index in [-0.39, 0.29) is 0 Å². The zero-order chi connectivity index (χ0) is 21.7. The van der Waals surface area contributed by atoms with E-state index in [0.717, 1.165) is 60.6 Å². The van der Waals surface area contributed by atoms with Crippen molar-refractivity contribution in [2.75, 3.05) is 11.4 Å². The van der Waals surface area contributed by atoms with Crippen molar-refractivity contribution >= 4 is 16.6 Å². The average molecular weight is 422 g/mol. The second-order valence-corrected chi connectivity index (χ2v) is 8.54. The van der Waals surface area contributed by atoms with Gasteiger partial charge in [0.2, 0.25) is 0 Å². The van der Waals surface area contributed by atoms with E-state index < -0.39 is 0 Å². The maximum absolute atomic E-state index is 9.46. The van der Waals surface area contributed by atoms with E-state index in [1.165, 1.54) is 22.4 Å². The van der Waals surface area contributed by atoms with Crippen LogP contribution in [0.5, 0.6) is 0 Å². The van der Waals surface area contributed by atoms with E-state index >= 15 is 0 Å². The Bertz CT molecular complexity index is 1400. The second kappa shape index (κ2) is 7.43. The highest BCUT2D eigenvalue weighted by molar-refractivity contribution is 5.95. The van der Waals surface area contributed by atoms with E-state index in [4.69, 9.17) is 10.1 Å². The third-order valence-electron chi connectivity index (χ3n) is 6.60. The molecule has 0 fully saturated rings. The molecule has 7 heteroatoms. The molecule has 7 nitrogen and oxygen atoms in total. The first-order valence-corrected chi connectivity index (χ1v) is 11.0. The van der Waals surface area contributed by atoms with Crippen LogP contribution in [0.15, 0.2) is 42.7 Å². The minimum absolute atomic E-state index is 0.608. The van der Waals surface area contributed by atoms with Gasteiger partial charge in [-0.3, -0.25) is 14.6 Å². The lowest BCUT2D eigenvalue weighted by Gasteiger charge is -2.21. The number of fused-ring (bicyclic) bond motifs is 3. The van der Waals surface area contributed by atoms with Crippen LogP contribution in [0, 0.1) is 18.3 Å². The number of pyridine rings is 2. The predicted molar refractivity (Wildman–Crippen MR) is 122 cm³/mol. The molecule has 158 valence electrons. The van der Waals surface area contributed by atoms with Crippen molar-refractivity contribution in [2.45, 2.75) is 39.5 Å². The van der Waals surface area contributed by atoms with Crippen LogP contribution in [0.25, 0.3) is 10.9 Å². The summed E-state index contributed by atoms with van der Waals surface area (Å²) in [5.74, 6) is 0. The van der Waals surface area contributed by atoms with Crippen molar-refractivity contribution in [3.05, 3.63) is 82.1 Å². The summed E-state index contributed by atoms with van der Waals surface area (Å²) in [6.45, 7) is 6.27. The number of hydrogen-bond acceptors (Lipinski definition) is 6. The van der Waals surface area contributed by atoms with Crippen molar-refractivity contribution in [3.63, 3.8) is 0 Å². The number of aromatic nitrogens is 4. The maximum Gasteiger partial charge on any atom is 0.101 e. The lowest BCUT2D eigenvalue weighted by Crippen LogP contribution is -2.24. The summed E-state index contributed by atoms with van der Waals surface area (Å²) < 4.78 is 2.11. The predicted octanol–water partition coefficient (Wildman–Crippen LogP) is 3.22. The lowest BCUT2D eigenvalue weighted by atomic mass is 10.0. The Morgan fingerprint density at radius 1 is 1.16 bits per heavy atom. The topological polar surface area (TPSA) is 82.7 Å². The smallest absolute Gasteiger partial charge is 0.101 e. The van der Waals surface area contributed by atoms with Crippen LogP contribution in [0.2, 0.25) is 0 Å². The Morgan fingerprint density at radius 2 is 2.09 bits per heavy atom. The number of benzene rings is 1. The van der Waals surface area contributed by atoms with Gasteiger partial charge in [-0.1, -0.05) is 0 Å². The standard InChI is InChI=1S/C25H23N7/c1-16-22-14-31(23-5-4-17(10-26)25-21(23)3-2-7-28-25)15-24(22)32(30-16)13-20-9-19-11-27-8-6-18(19)12-29-20/h2-5,7,9,12,27H,6,8,11,13-15H2,1H3. The first-order valence-electron chi connectivity index (χ1n) is 11.0. The fraction of sp³-hybridized carbons (Fsp3) is 0.280. The number of nitrogens with one attached hydrogen (secondary N) is 1. The zero-order valence-electron chi connectivity index (χ0n) is 18.0. The summed E-state index contributed by atoms with van der Waals surface area (Å²) in [4.78, 5) is 11.5. The quantitative estimate of drug-likeness (QED) is 0.547. The summed E-state index contributed by atoms with van der Waals surface area (Å²) in [6, 6.07) is 12.4. The Kier molecular flexibility index (Phi) is 4.40. The Balaban J connectivity index is 1.33. The summed E-state index contributed by atoms with van der Waals surface area (Å²) in [7, 11) is 0. The first kappa shape index (κ1) is 19.0. The van der Waals surface area contributed by atoms with Gasteiger partial charge in [0.1, 0.15) is 6.07 Å². The monoisotopic (exact) mass is 421 g/mol. The molecule has 2 aliphatic rings. The Hall–Kier alpha value is -3.76. The molecule has 4 aromatic rings. The number of aryl methyl sites for hydroxylation is 1. The van der Waals surface area contributed by atoms with Crippen LogP contribution < -0.4 is 10.2 Å². The van der Waals surface area contributed by atoms with E-state index in [9.17, 15) is 5.26 Å². The fourth-order valence-electron chi connectivity index (χ4n) is 4.95. The summed E-state index contributed by atoms with van der Waals surface area (Å²) in [6.07, 6.45) is 4.82. The summed E-state index contributed by atoms with van der Waals surface area (Å²) in [5.41, 5.74) is 9.80. The van der Waals surface area contributed by atoms with Crippen LogP contribution in [0.3, 0.4) is 0 Å². The van der Waals surface area contributed by atoms with Gasteiger partial charge in [-0.2, -0.15) is 10.4 Å². The fourth-order valence-corrected chi connectivity index (χ4v) is 4.95. The van der Waals surface area contributed by atoms with Gasteiger partial charge in [0.15, 0.2) is 0 Å². The number of anilines is 1. The molecular formula is C25H23N7. The third-order valence-corrected chi connectivity index (χ3v) is 6.60. The molecule has 0 radical (unpaired) electrons. The minimum Gasteiger partial charge on any atom is -0.361 e. The van der Waals surface area contributed by atoms with Gasteiger partial charge >= 0.3 is 0 Å². The molecule has 0 saturated heterocycles. The molecule has 0 aliphatic carbocycles. The van der Waals surface area contributed by atoms with Crippen LogP contribution in [0.1, 0.15) is 39.3 Å². The Labute approximate surface area is 186 Å². The molecule has 32 heavy (non-hydrogen) atoms. The van der Waals surface area contributed by atoms with Crippen LogP contribution in [0.4, 0.5) is 5.69 Å². The lowest BCUT2D eigenvalue weighted by molar-refractivity contribution is 0.614. The molecule has 0 unspecified atom stereocenters. The van der Waals surface area contributed by atoms with E-state index in [0.29, 0.717) is 12.1 Å². The molecule has 1 N–H and O–H groups in total. The number of nitrogens with zero attached hydrogens (tertiary/aromatic N) is 6.